The molecule has 0 aliphatic heterocycles. The predicted octanol–water partition coefficient (Wildman–Crippen LogP) is 4.96. The predicted molar refractivity (Wildman–Crippen MR) is 102 cm³/mol. The summed E-state index contributed by atoms with van der Waals surface area (Å²) in [6, 6.07) is 14.0. The Morgan fingerprint density at radius 1 is 1.09 bits per heavy atom. The van der Waals surface area contributed by atoms with Crippen LogP contribution in [0.4, 0.5) is 0 Å². The molecule has 0 bridgehead atoms. The summed E-state index contributed by atoms with van der Waals surface area (Å²) >= 11 is 9.15. The summed E-state index contributed by atoms with van der Waals surface area (Å²) < 4.78 is 0. The summed E-state index contributed by atoms with van der Waals surface area (Å²) in [5.74, 6) is 1.38. The second-order valence-electron chi connectivity index (χ2n) is 5.21. The van der Waals surface area contributed by atoms with Gasteiger partial charge in [-0.05, 0) is 49.7 Å². The zero-order valence-corrected chi connectivity index (χ0v) is 15.7. The van der Waals surface area contributed by atoms with Gasteiger partial charge in [0.2, 0.25) is 5.91 Å². The lowest BCUT2D eigenvalue weighted by atomic mass is 10.2. The standard InChI is InChI=1S/C18H20ClNOS2/c1-13-3-8-17(14(2)11-13)23-12-18(21)20-9-10-22-16-6-4-15(19)5-7-16/h3-8,11H,9-10,12H2,1-2H3,(H,20,21). The second kappa shape index (κ2) is 9.26. The van der Waals surface area contributed by atoms with E-state index in [4.69, 9.17) is 11.6 Å². The highest BCUT2D eigenvalue weighted by Crippen LogP contribution is 2.23. The molecule has 0 spiro atoms. The minimum Gasteiger partial charge on any atom is -0.355 e. The highest BCUT2D eigenvalue weighted by Gasteiger charge is 2.05. The summed E-state index contributed by atoms with van der Waals surface area (Å²) in [6.45, 7) is 4.82. The van der Waals surface area contributed by atoms with Crippen LogP contribution in [0.5, 0.6) is 0 Å². The molecule has 0 saturated carbocycles. The lowest BCUT2D eigenvalue weighted by molar-refractivity contribution is -0.118. The quantitative estimate of drug-likeness (QED) is 0.555. The molecule has 0 atom stereocenters. The molecule has 0 fully saturated rings. The van der Waals surface area contributed by atoms with Crippen molar-refractivity contribution < 1.29 is 4.79 Å². The van der Waals surface area contributed by atoms with Crippen LogP contribution in [-0.2, 0) is 4.79 Å². The molecule has 1 N–H and O–H groups in total. The maximum atomic E-state index is 11.9. The molecule has 122 valence electrons. The Bertz CT molecular complexity index is 659. The number of nitrogens with one attached hydrogen (secondary N) is 1. The highest BCUT2D eigenvalue weighted by molar-refractivity contribution is 8.00. The van der Waals surface area contributed by atoms with Crippen molar-refractivity contribution in [3.63, 3.8) is 0 Å². The molecule has 23 heavy (non-hydrogen) atoms. The molecular weight excluding hydrogens is 346 g/mol. The molecule has 0 radical (unpaired) electrons. The number of benzene rings is 2. The third-order valence-corrected chi connectivity index (χ3v) is 5.64. The largest absolute Gasteiger partial charge is 0.355 e. The van der Waals surface area contributed by atoms with Crippen LogP contribution in [0.1, 0.15) is 11.1 Å². The number of thioether (sulfide) groups is 2. The Balaban J connectivity index is 1.66. The Labute approximate surface area is 151 Å². The maximum absolute atomic E-state index is 11.9. The first kappa shape index (κ1) is 18.2. The van der Waals surface area contributed by atoms with Crippen molar-refractivity contribution in [3.05, 3.63) is 58.6 Å². The number of amides is 1. The van der Waals surface area contributed by atoms with E-state index < -0.39 is 0 Å². The van der Waals surface area contributed by atoms with Gasteiger partial charge in [0, 0.05) is 27.1 Å². The van der Waals surface area contributed by atoms with E-state index in [1.54, 1.807) is 23.5 Å². The smallest absolute Gasteiger partial charge is 0.230 e. The number of carbonyl (C=O) groups is 1. The molecular formula is C18H20ClNOS2. The molecule has 1 amide bonds. The van der Waals surface area contributed by atoms with Crippen LogP contribution in [0.25, 0.3) is 0 Å². The fourth-order valence-electron chi connectivity index (χ4n) is 2.05. The van der Waals surface area contributed by atoms with E-state index in [0.29, 0.717) is 12.3 Å². The number of hydrogen-bond acceptors (Lipinski definition) is 3. The molecule has 2 rings (SSSR count). The molecule has 0 heterocycles. The van der Waals surface area contributed by atoms with Gasteiger partial charge in [0.15, 0.2) is 0 Å². The third kappa shape index (κ3) is 6.50. The summed E-state index contributed by atoms with van der Waals surface area (Å²) in [4.78, 5) is 14.2. The summed E-state index contributed by atoms with van der Waals surface area (Å²) in [5.41, 5.74) is 2.47. The topological polar surface area (TPSA) is 29.1 Å². The van der Waals surface area contributed by atoms with Crippen LogP contribution < -0.4 is 5.32 Å². The highest BCUT2D eigenvalue weighted by atomic mass is 35.5. The molecule has 0 unspecified atom stereocenters. The van der Waals surface area contributed by atoms with Crippen molar-refractivity contribution in [1.82, 2.24) is 5.32 Å². The monoisotopic (exact) mass is 365 g/mol. The SMILES string of the molecule is Cc1ccc(SCC(=O)NCCSc2ccc(Cl)cc2)c(C)c1. The van der Waals surface area contributed by atoms with E-state index in [-0.39, 0.29) is 5.91 Å². The molecule has 2 aromatic rings. The van der Waals surface area contributed by atoms with E-state index in [2.05, 4.69) is 37.4 Å². The van der Waals surface area contributed by atoms with Crippen LogP contribution in [0, 0.1) is 13.8 Å². The minimum absolute atomic E-state index is 0.0756. The van der Waals surface area contributed by atoms with E-state index in [1.807, 2.05) is 24.3 Å². The minimum atomic E-state index is 0.0756. The zero-order chi connectivity index (χ0) is 16.7. The number of hydrogen-bond donors (Lipinski definition) is 1. The van der Waals surface area contributed by atoms with Gasteiger partial charge in [-0.3, -0.25) is 4.79 Å². The molecule has 0 saturated heterocycles. The van der Waals surface area contributed by atoms with Gasteiger partial charge in [0.05, 0.1) is 5.75 Å². The Hall–Kier alpha value is -1.10. The number of halogens is 1. The van der Waals surface area contributed by atoms with E-state index in [1.165, 1.54) is 16.0 Å². The fourth-order valence-corrected chi connectivity index (χ4v) is 3.78. The van der Waals surface area contributed by atoms with Gasteiger partial charge in [-0.2, -0.15) is 0 Å². The fraction of sp³-hybridized carbons (Fsp3) is 0.278. The summed E-state index contributed by atoms with van der Waals surface area (Å²) in [5, 5.41) is 3.70. The lowest BCUT2D eigenvalue weighted by Crippen LogP contribution is -2.27. The first-order chi connectivity index (χ1) is 11.0. The first-order valence-corrected chi connectivity index (χ1v) is 9.74. The molecule has 2 nitrogen and oxygen atoms in total. The van der Waals surface area contributed by atoms with Crippen LogP contribution in [0.15, 0.2) is 52.3 Å². The van der Waals surface area contributed by atoms with Gasteiger partial charge in [-0.1, -0.05) is 29.3 Å². The van der Waals surface area contributed by atoms with Crippen molar-refractivity contribution in [2.45, 2.75) is 23.6 Å². The van der Waals surface area contributed by atoms with Crippen molar-refractivity contribution in [1.29, 1.82) is 0 Å². The molecule has 2 aromatic carbocycles. The van der Waals surface area contributed by atoms with Gasteiger partial charge in [0.1, 0.15) is 0 Å². The van der Waals surface area contributed by atoms with Crippen LogP contribution in [-0.4, -0.2) is 24.0 Å². The van der Waals surface area contributed by atoms with Crippen LogP contribution >= 0.6 is 35.1 Å². The molecule has 0 aliphatic carbocycles. The third-order valence-electron chi connectivity index (χ3n) is 3.20. The van der Waals surface area contributed by atoms with E-state index >= 15 is 0 Å². The molecule has 5 heteroatoms. The van der Waals surface area contributed by atoms with Crippen molar-refractivity contribution in [3.8, 4) is 0 Å². The Morgan fingerprint density at radius 3 is 2.52 bits per heavy atom. The number of carbonyl (C=O) groups excluding carboxylic acids is 1. The summed E-state index contributed by atoms with van der Waals surface area (Å²) in [7, 11) is 0. The molecule has 0 aliphatic rings. The van der Waals surface area contributed by atoms with Crippen molar-refractivity contribution in [2.24, 2.45) is 0 Å². The van der Waals surface area contributed by atoms with Gasteiger partial charge in [-0.25, -0.2) is 0 Å². The van der Waals surface area contributed by atoms with Gasteiger partial charge in [0.25, 0.3) is 0 Å². The van der Waals surface area contributed by atoms with Gasteiger partial charge in [-0.15, -0.1) is 23.5 Å². The lowest BCUT2D eigenvalue weighted by Gasteiger charge is -2.08. The van der Waals surface area contributed by atoms with Crippen LogP contribution in [0.2, 0.25) is 5.02 Å². The number of aryl methyl sites for hydroxylation is 2. The van der Waals surface area contributed by atoms with E-state index in [0.717, 1.165) is 15.7 Å². The Morgan fingerprint density at radius 2 is 1.83 bits per heavy atom. The van der Waals surface area contributed by atoms with E-state index in [9.17, 15) is 4.79 Å². The number of rotatable bonds is 7. The molecule has 0 aromatic heterocycles. The van der Waals surface area contributed by atoms with Crippen LogP contribution in [0.3, 0.4) is 0 Å². The average molecular weight is 366 g/mol. The van der Waals surface area contributed by atoms with Gasteiger partial charge >= 0.3 is 0 Å². The average Bonchev–Trinajstić information content (AvgIpc) is 2.52. The maximum Gasteiger partial charge on any atom is 0.230 e. The van der Waals surface area contributed by atoms with Crippen molar-refractivity contribution >= 4 is 41.0 Å². The van der Waals surface area contributed by atoms with Crippen molar-refractivity contribution in [2.75, 3.05) is 18.1 Å². The zero-order valence-electron chi connectivity index (χ0n) is 13.3. The summed E-state index contributed by atoms with van der Waals surface area (Å²) in [6.07, 6.45) is 0. The second-order valence-corrected chi connectivity index (χ2v) is 7.83. The first-order valence-electron chi connectivity index (χ1n) is 7.40. The Kier molecular flexibility index (Phi) is 7.34. The normalized spacial score (nSPS) is 10.6. The van der Waals surface area contributed by atoms with Gasteiger partial charge < -0.3 is 5.32 Å².